The first-order valence-corrected chi connectivity index (χ1v) is 7.33. The Morgan fingerprint density at radius 3 is 2.64 bits per heavy atom. The van der Waals surface area contributed by atoms with Crippen molar-refractivity contribution in [3.8, 4) is 0 Å². The van der Waals surface area contributed by atoms with Gasteiger partial charge in [0.15, 0.2) is 0 Å². The second-order valence-corrected chi connectivity index (χ2v) is 6.74. The molecule has 3 rings (SSSR count). The molecule has 0 radical (unpaired) electrons. The third kappa shape index (κ3) is 1.71. The van der Waals surface area contributed by atoms with Crippen molar-refractivity contribution in [2.75, 3.05) is 18.1 Å². The maximum Gasteiger partial charge on any atom is 0.0166 e. The second-order valence-electron chi connectivity index (χ2n) is 5.59. The van der Waals surface area contributed by atoms with Gasteiger partial charge in [0.1, 0.15) is 0 Å². The summed E-state index contributed by atoms with van der Waals surface area (Å²) in [7, 11) is 0. The molecule has 1 atom stereocenters. The Morgan fingerprint density at radius 1 is 1.21 bits per heavy atom. The van der Waals surface area contributed by atoms with Crippen LogP contribution in [0.4, 0.5) is 0 Å². The van der Waals surface area contributed by atoms with Crippen molar-refractivity contribution in [2.45, 2.75) is 44.6 Å². The van der Waals surface area contributed by atoms with E-state index < -0.39 is 0 Å². The molecule has 2 saturated carbocycles. The van der Waals surface area contributed by atoms with Crippen LogP contribution in [0.15, 0.2) is 0 Å². The van der Waals surface area contributed by atoms with Crippen LogP contribution >= 0.6 is 11.8 Å². The zero-order chi connectivity index (χ0) is 9.43. The molecule has 14 heavy (non-hydrogen) atoms. The van der Waals surface area contributed by atoms with Crippen LogP contribution in [0.2, 0.25) is 0 Å². The van der Waals surface area contributed by atoms with E-state index in [0.717, 1.165) is 17.4 Å². The lowest BCUT2D eigenvalue weighted by Crippen LogP contribution is -2.37. The van der Waals surface area contributed by atoms with E-state index in [4.69, 9.17) is 0 Å². The molecule has 3 fully saturated rings. The maximum absolute atomic E-state index is 3.82. The zero-order valence-electron chi connectivity index (χ0n) is 8.93. The Morgan fingerprint density at radius 2 is 2.07 bits per heavy atom. The van der Waals surface area contributed by atoms with Crippen molar-refractivity contribution in [1.29, 1.82) is 0 Å². The van der Waals surface area contributed by atoms with Gasteiger partial charge < -0.3 is 5.32 Å². The van der Waals surface area contributed by atoms with Gasteiger partial charge in [-0.05, 0) is 55.6 Å². The highest BCUT2D eigenvalue weighted by atomic mass is 32.2. The number of fused-ring (bicyclic) bond motifs is 2. The molecule has 1 aliphatic heterocycles. The monoisotopic (exact) mass is 211 g/mol. The molecule has 1 saturated heterocycles. The van der Waals surface area contributed by atoms with Gasteiger partial charge in [-0.3, -0.25) is 0 Å². The topological polar surface area (TPSA) is 12.0 Å². The quantitative estimate of drug-likeness (QED) is 0.770. The van der Waals surface area contributed by atoms with E-state index in [-0.39, 0.29) is 0 Å². The standard InChI is InChI=1S/C12H21NS/c1-4-12(5-2-10(1)7-12)9-13-11-3-6-14-8-11/h10-11,13H,1-9H2. The summed E-state index contributed by atoms with van der Waals surface area (Å²) in [4.78, 5) is 0. The number of hydrogen-bond donors (Lipinski definition) is 1. The average Bonchev–Trinajstić information content (AvgIpc) is 2.93. The summed E-state index contributed by atoms with van der Waals surface area (Å²) in [5.74, 6) is 3.85. The molecule has 2 bridgehead atoms. The summed E-state index contributed by atoms with van der Waals surface area (Å²) in [6.45, 7) is 1.33. The minimum Gasteiger partial charge on any atom is -0.313 e. The summed E-state index contributed by atoms with van der Waals surface area (Å²) in [5, 5.41) is 3.82. The van der Waals surface area contributed by atoms with Crippen molar-refractivity contribution in [2.24, 2.45) is 11.3 Å². The largest absolute Gasteiger partial charge is 0.313 e. The van der Waals surface area contributed by atoms with Crippen molar-refractivity contribution in [3.63, 3.8) is 0 Å². The van der Waals surface area contributed by atoms with Crippen molar-refractivity contribution in [1.82, 2.24) is 5.32 Å². The van der Waals surface area contributed by atoms with E-state index in [1.807, 2.05) is 0 Å². The van der Waals surface area contributed by atoms with Gasteiger partial charge in [0.25, 0.3) is 0 Å². The third-order valence-corrected chi connectivity index (χ3v) is 5.75. The van der Waals surface area contributed by atoms with Gasteiger partial charge >= 0.3 is 0 Å². The Balaban J connectivity index is 1.51. The number of rotatable bonds is 3. The first kappa shape index (κ1) is 9.53. The summed E-state index contributed by atoms with van der Waals surface area (Å²) in [6.07, 6.45) is 9.04. The van der Waals surface area contributed by atoms with Crippen LogP contribution < -0.4 is 5.32 Å². The number of hydrogen-bond acceptors (Lipinski definition) is 2. The number of nitrogens with one attached hydrogen (secondary N) is 1. The molecular weight excluding hydrogens is 190 g/mol. The van der Waals surface area contributed by atoms with Gasteiger partial charge in [0.05, 0.1) is 0 Å². The fraction of sp³-hybridized carbons (Fsp3) is 1.00. The lowest BCUT2D eigenvalue weighted by atomic mass is 9.84. The van der Waals surface area contributed by atoms with Crippen molar-refractivity contribution >= 4 is 11.8 Å². The van der Waals surface area contributed by atoms with Crippen molar-refractivity contribution in [3.05, 3.63) is 0 Å². The van der Waals surface area contributed by atoms with E-state index in [9.17, 15) is 0 Å². The fourth-order valence-corrected chi connectivity index (χ4v) is 4.80. The molecule has 1 heterocycles. The van der Waals surface area contributed by atoms with E-state index in [0.29, 0.717) is 0 Å². The molecule has 3 aliphatic rings. The molecule has 1 nitrogen and oxygen atoms in total. The lowest BCUT2D eigenvalue weighted by Gasteiger charge is -2.28. The van der Waals surface area contributed by atoms with Crippen LogP contribution in [0.3, 0.4) is 0 Å². The number of thioether (sulfide) groups is 1. The highest BCUT2D eigenvalue weighted by Gasteiger charge is 2.44. The predicted octanol–water partition coefficient (Wildman–Crippen LogP) is 2.66. The van der Waals surface area contributed by atoms with E-state index >= 15 is 0 Å². The molecule has 0 amide bonds. The first-order chi connectivity index (χ1) is 6.86. The minimum atomic E-state index is 0.748. The van der Waals surface area contributed by atoms with Crippen LogP contribution in [-0.4, -0.2) is 24.1 Å². The summed E-state index contributed by atoms with van der Waals surface area (Å²) in [6, 6.07) is 0.842. The van der Waals surface area contributed by atoms with Gasteiger partial charge in [-0.2, -0.15) is 11.8 Å². The van der Waals surface area contributed by atoms with E-state index in [1.165, 1.54) is 50.2 Å². The predicted molar refractivity (Wildman–Crippen MR) is 62.7 cm³/mol. The van der Waals surface area contributed by atoms with Crippen molar-refractivity contribution < 1.29 is 0 Å². The molecule has 2 aliphatic carbocycles. The molecule has 1 unspecified atom stereocenters. The molecular formula is C12H21NS. The van der Waals surface area contributed by atoms with Gasteiger partial charge in [-0.1, -0.05) is 0 Å². The lowest BCUT2D eigenvalue weighted by molar-refractivity contribution is 0.269. The molecule has 0 aromatic rings. The zero-order valence-corrected chi connectivity index (χ0v) is 9.74. The Labute approximate surface area is 91.4 Å². The van der Waals surface area contributed by atoms with E-state index in [2.05, 4.69) is 17.1 Å². The normalized spacial score (nSPS) is 46.3. The van der Waals surface area contributed by atoms with Gasteiger partial charge in [-0.15, -0.1) is 0 Å². The highest BCUT2D eigenvalue weighted by Crippen LogP contribution is 2.53. The van der Waals surface area contributed by atoms with Crippen LogP contribution in [0.25, 0.3) is 0 Å². The van der Waals surface area contributed by atoms with Gasteiger partial charge in [-0.25, -0.2) is 0 Å². The minimum absolute atomic E-state index is 0.748. The molecule has 0 aromatic heterocycles. The summed E-state index contributed by atoms with van der Waals surface area (Å²) in [5.41, 5.74) is 0.748. The molecule has 80 valence electrons. The Bertz CT molecular complexity index is 202. The van der Waals surface area contributed by atoms with E-state index in [1.54, 1.807) is 6.42 Å². The molecule has 2 heteroatoms. The third-order valence-electron chi connectivity index (χ3n) is 4.58. The molecule has 0 spiro atoms. The SMILES string of the molecule is C1CC(NCC23CCC(CC2)C3)CS1. The van der Waals surface area contributed by atoms with Gasteiger partial charge in [0, 0.05) is 18.3 Å². The average molecular weight is 211 g/mol. The maximum atomic E-state index is 3.82. The van der Waals surface area contributed by atoms with Crippen LogP contribution in [-0.2, 0) is 0 Å². The summed E-state index contributed by atoms with van der Waals surface area (Å²) < 4.78 is 0. The molecule has 1 N–H and O–H groups in total. The highest BCUT2D eigenvalue weighted by molar-refractivity contribution is 7.99. The van der Waals surface area contributed by atoms with Gasteiger partial charge in [0.2, 0.25) is 0 Å². The smallest absolute Gasteiger partial charge is 0.0166 e. The first-order valence-electron chi connectivity index (χ1n) is 6.18. The van der Waals surface area contributed by atoms with Crippen LogP contribution in [0.5, 0.6) is 0 Å². The fourth-order valence-electron chi connectivity index (χ4n) is 3.62. The Hall–Kier alpha value is 0.310. The summed E-state index contributed by atoms with van der Waals surface area (Å²) >= 11 is 2.12. The second kappa shape index (κ2) is 3.71. The van der Waals surface area contributed by atoms with Crippen LogP contribution in [0.1, 0.15) is 38.5 Å². The Kier molecular flexibility index (Phi) is 2.53. The van der Waals surface area contributed by atoms with Crippen LogP contribution in [0, 0.1) is 11.3 Å². The molecule has 0 aromatic carbocycles.